The summed E-state index contributed by atoms with van der Waals surface area (Å²) in [6.07, 6.45) is -0.477. The molecule has 0 heterocycles. The number of benzene rings is 2. The summed E-state index contributed by atoms with van der Waals surface area (Å²) >= 11 is 0. The van der Waals surface area contributed by atoms with Crippen LogP contribution in [0.1, 0.15) is 51.8 Å². The first kappa shape index (κ1) is 24.4. The Morgan fingerprint density at radius 2 is 1.52 bits per heavy atom. The summed E-state index contributed by atoms with van der Waals surface area (Å²) in [4.78, 5) is 0. The smallest absolute Gasteiger partial charge is 1.00 e. The molecule has 0 aromatic heterocycles. The van der Waals surface area contributed by atoms with E-state index in [0.717, 1.165) is 10.9 Å². The fourth-order valence-electron chi connectivity index (χ4n) is 3.78. The molecule has 0 saturated carbocycles. The van der Waals surface area contributed by atoms with Gasteiger partial charge in [-0.05, 0) is 66.3 Å². The minimum Gasteiger partial charge on any atom is -1.00 e. The van der Waals surface area contributed by atoms with Crippen LogP contribution >= 0.6 is 0 Å². The average molecular weight is 411 g/mol. The molecular weight excluding hydrogens is 387 g/mol. The van der Waals surface area contributed by atoms with Crippen molar-refractivity contribution in [3.05, 3.63) is 64.2 Å². The van der Waals surface area contributed by atoms with Crippen molar-refractivity contribution in [2.24, 2.45) is 5.92 Å². The third-order valence-electron chi connectivity index (χ3n) is 5.32. The number of fused-ring (bicyclic) bond motifs is 1. The van der Waals surface area contributed by atoms with Gasteiger partial charge < -0.3 is 29.9 Å². The predicted molar refractivity (Wildman–Crippen MR) is 94.7 cm³/mol. The van der Waals surface area contributed by atoms with Crippen molar-refractivity contribution in [2.45, 2.75) is 40.7 Å². The molecule has 132 valence electrons. The molecule has 0 saturated heterocycles. The topological polar surface area (TPSA) is 20.2 Å². The van der Waals surface area contributed by atoms with Gasteiger partial charge in [0.25, 0.3) is 0 Å². The Labute approximate surface area is 178 Å². The summed E-state index contributed by atoms with van der Waals surface area (Å²) in [6.45, 7) is 10.8. The average Bonchev–Trinajstić information content (AvgIpc) is 2.70. The number of aliphatic hydroxyl groups is 1. The molecule has 0 fully saturated rings. The number of hydrogen-bond donors (Lipinski definition) is 1. The predicted octanol–water partition coefficient (Wildman–Crippen LogP) is -0.342. The van der Waals surface area contributed by atoms with Gasteiger partial charge in [0.1, 0.15) is 0 Å². The van der Waals surface area contributed by atoms with E-state index in [1.807, 2.05) is 19.1 Å². The minimum atomic E-state index is -0.477. The molecule has 2 aromatic rings. The Morgan fingerprint density at radius 3 is 2.04 bits per heavy atom. The van der Waals surface area contributed by atoms with Crippen LogP contribution in [0.3, 0.4) is 0 Å². The third-order valence-corrected chi connectivity index (χ3v) is 5.32. The first-order valence-electron chi connectivity index (χ1n) is 8.02. The van der Waals surface area contributed by atoms with E-state index in [1.54, 1.807) is 0 Å². The maximum absolute atomic E-state index is 10.4. The molecule has 25 heavy (non-hydrogen) atoms. The van der Waals surface area contributed by atoms with Crippen molar-refractivity contribution in [1.29, 1.82) is 0 Å². The first-order chi connectivity index (χ1) is 10.4. The Balaban J connectivity index is 0.00000192. The van der Waals surface area contributed by atoms with E-state index in [9.17, 15) is 5.11 Å². The van der Waals surface area contributed by atoms with Crippen LogP contribution in [0.2, 0.25) is 0 Å². The van der Waals surface area contributed by atoms with E-state index in [4.69, 9.17) is 0 Å². The van der Waals surface area contributed by atoms with Gasteiger partial charge in [-0.2, -0.15) is 0 Å². The fourth-order valence-corrected chi connectivity index (χ4v) is 3.78. The summed E-state index contributed by atoms with van der Waals surface area (Å²) in [5.41, 5.74) is 7.83. The van der Waals surface area contributed by atoms with Gasteiger partial charge in [0.15, 0.2) is 0 Å². The van der Waals surface area contributed by atoms with E-state index in [1.165, 1.54) is 33.2 Å². The van der Waals surface area contributed by atoms with Crippen molar-refractivity contribution in [3.63, 3.8) is 0 Å². The van der Waals surface area contributed by atoms with E-state index in [2.05, 4.69) is 52.0 Å². The van der Waals surface area contributed by atoms with Gasteiger partial charge in [0, 0.05) is 5.92 Å². The zero-order chi connectivity index (χ0) is 16.0. The molecule has 1 N–H and O–H groups in total. The second-order valence-electron chi connectivity index (χ2n) is 6.49. The van der Waals surface area contributed by atoms with Gasteiger partial charge in [-0.25, -0.2) is 0 Å². The van der Waals surface area contributed by atoms with Crippen LogP contribution in [0, 0.1) is 5.92 Å². The largest absolute Gasteiger partial charge is 2.00 e. The number of hydrogen-bond acceptors (Lipinski definition) is 1. The molecular formula is C21H24Cl2OTi. The Hall–Kier alpha value is -0.566. The molecule has 0 spiro atoms. The Bertz CT molecular complexity index is 822. The normalized spacial score (nSPS) is 17.8. The van der Waals surface area contributed by atoms with Crippen LogP contribution in [-0.2, 0) is 21.7 Å². The zero-order valence-corrected chi connectivity index (χ0v) is 18.4. The van der Waals surface area contributed by atoms with Crippen LogP contribution in [0.5, 0.6) is 0 Å². The van der Waals surface area contributed by atoms with E-state index >= 15 is 0 Å². The second kappa shape index (κ2) is 9.39. The first-order valence-corrected chi connectivity index (χ1v) is 8.02. The van der Waals surface area contributed by atoms with E-state index in [-0.39, 0.29) is 46.5 Å². The van der Waals surface area contributed by atoms with Crippen LogP contribution in [0.4, 0.5) is 0 Å². The number of aliphatic hydroxyl groups excluding tert-OH is 1. The molecule has 3 rings (SSSR count). The Kier molecular flexibility index (Phi) is 9.18. The Morgan fingerprint density at radius 1 is 0.920 bits per heavy atom. The van der Waals surface area contributed by atoms with Crippen molar-refractivity contribution >= 4 is 16.3 Å². The van der Waals surface area contributed by atoms with Gasteiger partial charge in [-0.1, -0.05) is 48.9 Å². The van der Waals surface area contributed by atoms with E-state index < -0.39 is 6.10 Å². The fraction of sp³-hybridized carbons (Fsp3) is 0.333. The molecule has 1 aliphatic rings. The SMILES string of the molecule is CC1=C(C)C(C)C(c2ccc3ccccc3c2C(C)O)=C1C.[Cl-].[Cl-].[Ti+2]. The summed E-state index contributed by atoms with van der Waals surface area (Å²) in [7, 11) is 0. The van der Waals surface area contributed by atoms with Crippen LogP contribution < -0.4 is 24.8 Å². The van der Waals surface area contributed by atoms with Gasteiger partial charge in [0.2, 0.25) is 0 Å². The molecule has 2 aromatic carbocycles. The van der Waals surface area contributed by atoms with Gasteiger partial charge in [0.05, 0.1) is 6.10 Å². The monoisotopic (exact) mass is 410 g/mol. The molecule has 4 heteroatoms. The molecule has 0 amide bonds. The third kappa shape index (κ3) is 4.07. The van der Waals surface area contributed by atoms with Crippen molar-refractivity contribution in [3.8, 4) is 0 Å². The van der Waals surface area contributed by atoms with Crippen molar-refractivity contribution < 1.29 is 51.6 Å². The molecule has 0 bridgehead atoms. The quantitative estimate of drug-likeness (QED) is 0.671. The van der Waals surface area contributed by atoms with Crippen molar-refractivity contribution in [2.75, 3.05) is 0 Å². The van der Waals surface area contributed by atoms with Crippen LogP contribution in [0.15, 0.2) is 53.1 Å². The van der Waals surface area contributed by atoms with E-state index in [0.29, 0.717) is 5.92 Å². The summed E-state index contributed by atoms with van der Waals surface area (Å²) in [6, 6.07) is 12.7. The molecule has 0 aliphatic heterocycles. The summed E-state index contributed by atoms with van der Waals surface area (Å²) < 4.78 is 0. The number of allylic oxidation sites excluding steroid dienone is 4. The second-order valence-corrected chi connectivity index (χ2v) is 6.49. The van der Waals surface area contributed by atoms with Crippen LogP contribution in [-0.4, -0.2) is 5.11 Å². The summed E-state index contributed by atoms with van der Waals surface area (Å²) in [5, 5.41) is 12.8. The van der Waals surface area contributed by atoms with Crippen LogP contribution in [0.25, 0.3) is 16.3 Å². The van der Waals surface area contributed by atoms with Gasteiger partial charge in [-0.15, -0.1) is 0 Å². The molecule has 2 unspecified atom stereocenters. The van der Waals surface area contributed by atoms with Crippen molar-refractivity contribution in [1.82, 2.24) is 0 Å². The maximum atomic E-state index is 10.4. The molecule has 0 radical (unpaired) electrons. The number of halogens is 2. The molecule has 1 nitrogen and oxygen atoms in total. The summed E-state index contributed by atoms with van der Waals surface area (Å²) in [5.74, 6) is 0.415. The zero-order valence-electron chi connectivity index (χ0n) is 15.3. The molecule has 1 aliphatic carbocycles. The van der Waals surface area contributed by atoms with Gasteiger partial charge >= 0.3 is 21.7 Å². The molecule has 2 atom stereocenters. The maximum Gasteiger partial charge on any atom is 2.00 e. The standard InChI is InChI=1S/C21H24O.2ClH.Ti/c1-12-13(2)15(4)20(14(12)3)19-11-10-17-8-6-7-9-18(17)21(19)16(5)22;;;/h6-11,14,16,22H,1-5H3;2*1H;/q;;;+2/p-2. The van der Waals surface area contributed by atoms with Gasteiger partial charge in [-0.3, -0.25) is 0 Å². The number of rotatable bonds is 2. The minimum absolute atomic E-state index is 0.